The van der Waals surface area contributed by atoms with Crippen LogP contribution in [-0.4, -0.2) is 11.8 Å². The molecular weight excluding hydrogens is 561 g/mol. The first-order valence-corrected chi connectivity index (χ1v) is 7.79. The number of carbonyl (C=O) groups is 2. The maximum absolute atomic E-state index is 11.1. The number of hydrogen-bond donors (Lipinski definition) is 2. The molecule has 1 rings (SSSR count). The molecule has 4 nitrogen and oxygen atoms in total. The number of nitrogens with one attached hydrogen (secondary N) is 2. The van der Waals surface area contributed by atoms with Crippen molar-refractivity contribution in [3.05, 3.63) is 16.8 Å². The second-order valence-electron chi connectivity index (χ2n) is 3.27. The predicted molar refractivity (Wildman–Crippen MR) is 93.2 cm³/mol. The summed E-state index contributed by atoms with van der Waals surface area (Å²) in [5.41, 5.74) is 1.48. The molecule has 0 aliphatic heterocycles. The number of anilines is 2. The van der Waals surface area contributed by atoms with E-state index < -0.39 is 0 Å². The first kappa shape index (κ1) is 15.4. The van der Waals surface area contributed by atoms with Crippen LogP contribution >= 0.6 is 67.8 Å². The topological polar surface area (TPSA) is 58.2 Å². The van der Waals surface area contributed by atoms with Gasteiger partial charge in [0.25, 0.3) is 0 Å². The lowest BCUT2D eigenvalue weighted by Crippen LogP contribution is -2.13. The minimum absolute atomic E-state index is 0.129. The number of halogens is 3. The van der Waals surface area contributed by atoms with Gasteiger partial charge in [-0.2, -0.15) is 0 Å². The maximum Gasteiger partial charge on any atom is 0.221 e. The lowest BCUT2D eigenvalue weighted by Gasteiger charge is -2.14. The molecule has 17 heavy (non-hydrogen) atoms. The lowest BCUT2D eigenvalue weighted by molar-refractivity contribution is -0.115. The van der Waals surface area contributed by atoms with Crippen molar-refractivity contribution >= 4 is 91.0 Å². The van der Waals surface area contributed by atoms with Crippen LogP contribution in [0.25, 0.3) is 0 Å². The number of rotatable bonds is 2. The molecule has 2 N–H and O–H groups in total. The molecule has 1 aromatic rings. The first-order chi connectivity index (χ1) is 7.82. The molecule has 2 amide bonds. The minimum atomic E-state index is -0.129. The molecule has 92 valence electrons. The largest absolute Gasteiger partial charge is 0.324 e. The average molecular weight is 570 g/mol. The van der Waals surface area contributed by atoms with Gasteiger partial charge in [-0.05, 0) is 73.8 Å². The minimum Gasteiger partial charge on any atom is -0.324 e. The van der Waals surface area contributed by atoms with E-state index in [1.807, 2.05) is 6.07 Å². The highest BCUT2D eigenvalue weighted by Gasteiger charge is 2.15. The van der Waals surface area contributed by atoms with Crippen molar-refractivity contribution in [3.63, 3.8) is 0 Å². The third kappa shape index (κ3) is 4.19. The molecule has 1 aromatic carbocycles. The monoisotopic (exact) mass is 570 g/mol. The van der Waals surface area contributed by atoms with E-state index in [4.69, 9.17) is 0 Å². The van der Waals surface area contributed by atoms with Gasteiger partial charge in [-0.15, -0.1) is 0 Å². The van der Waals surface area contributed by atoms with Gasteiger partial charge < -0.3 is 10.6 Å². The van der Waals surface area contributed by atoms with Crippen LogP contribution in [0.4, 0.5) is 11.4 Å². The van der Waals surface area contributed by atoms with E-state index in [1.54, 1.807) is 0 Å². The third-order valence-electron chi connectivity index (χ3n) is 1.77. The molecule has 7 heteroatoms. The van der Waals surface area contributed by atoms with Crippen LogP contribution in [0.2, 0.25) is 0 Å². The van der Waals surface area contributed by atoms with Gasteiger partial charge in [0, 0.05) is 21.0 Å². The van der Waals surface area contributed by atoms with E-state index in [1.165, 1.54) is 13.8 Å². The van der Waals surface area contributed by atoms with Gasteiger partial charge in [0.15, 0.2) is 0 Å². The van der Waals surface area contributed by atoms with Crippen LogP contribution in [0.15, 0.2) is 6.07 Å². The van der Waals surface area contributed by atoms with Crippen LogP contribution in [0.5, 0.6) is 0 Å². The highest BCUT2D eigenvalue weighted by atomic mass is 127. The zero-order valence-corrected chi connectivity index (χ0v) is 15.5. The Balaban J connectivity index is 3.31. The van der Waals surface area contributed by atoms with Gasteiger partial charge in [-0.1, -0.05) is 0 Å². The summed E-state index contributed by atoms with van der Waals surface area (Å²) in [6.45, 7) is 2.92. The molecule has 0 bridgehead atoms. The normalized spacial score (nSPS) is 9.94. The van der Waals surface area contributed by atoms with Crippen molar-refractivity contribution < 1.29 is 9.59 Å². The van der Waals surface area contributed by atoms with E-state index in [-0.39, 0.29) is 11.8 Å². The van der Waals surface area contributed by atoms with Gasteiger partial charge in [0.1, 0.15) is 0 Å². The van der Waals surface area contributed by atoms with Crippen LogP contribution < -0.4 is 10.6 Å². The van der Waals surface area contributed by atoms with E-state index in [0.717, 1.165) is 22.1 Å². The highest BCUT2D eigenvalue weighted by molar-refractivity contribution is 14.1. The van der Waals surface area contributed by atoms with Gasteiger partial charge in [0.05, 0.1) is 14.9 Å². The van der Waals surface area contributed by atoms with E-state index in [2.05, 4.69) is 78.4 Å². The van der Waals surface area contributed by atoms with Crippen molar-refractivity contribution in [2.24, 2.45) is 0 Å². The lowest BCUT2D eigenvalue weighted by atomic mass is 10.2. The summed E-state index contributed by atoms with van der Waals surface area (Å²) in [6.07, 6.45) is 0. The third-order valence-corrected chi connectivity index (χ3v) is 4.55. The van der Waals surface area contributed by atoms with Crippen molar-refractivity contribution in [1.29, 1.82) is 0 Å². The Labute approximate surface area is 140 Å². The predicted octanol–water partition coefficient (Wildman–Crippen LogP) is 3.42. The molecule has 0 atom stereocenters. The van der Waals surface area contributed by atoms with Gasteiger partial charge >= 0.3 is 0 Å². The Morgan fingerprint density at radius 3 is 1.59 bits per heavy atom. The summed E-state index contributed by atoms with van der Waals surface area (Å²) in [5.74, 6) is -0.258. The molecule has 0 fully saturated rings. The average Bonchev–Trinajstić information content (AvgIpc) is 2.18. The molecule has 0 heterocycles. The second kappa shape index (κ2) is 6.50. The molecule has 0 aliphatic carbocycles. The summed E-state index contributed by atoms with van der Waals surface area (Å²) in [4.78, 5) is 22.3. The molecule has 0 aliphatic rings. The molecular formula is C10H9I3N2O2. The zero-order valence-electron chi connectivity index (χ0n) is 9.03. The van der Waals surface area contributed by atoms with Crippen molar-refractivity contribution in [2.45, 2.75) is 13.8 Å². The summed E-state index contributed by atoms with van der Waals surface area (Å²) < 4.78 is 2.73. The van der Waals surface area contributed by atoms with E-state index in [9.17, 15) is 9.59 Å². The van der Waals surface area contributed by atoms with Gasteiger partial charge in [0.2, 0.25) is 11.8 Å². The quantitative estimate of drug-likeness (QED) is 0.537. The van der Waals surface area contributed by atoms with Crippen molar-refractivity contribution in [1.82, 2.24) is 0 Å². The van der Waals surface area contributed by atoms with E-state index in [0.29, 0.717) is 0 Å². The number of benzene rings is 1. The number of amides is 2. The Hall–Kier alpha value is 0.350. The summed E-state index contributed by atoms with van der Waals surface area (Å²) >= 11 is 6.44. The number of carbonyl (C=O) groups excluding carboxylic acids is 2. The molecule has 0 saturated carbocycles. The van der Waals surface area contributed by atoms with Gasteiger partial charge in [-0.3, -0.25) is 9.59 Å². The molecule has 0 unspecified atom stereocenters. The summed E-state index contributed by atoms with van der Waals surface area (Å²) in [6, 6.07) is 1.92. The first-order valence-electron chi connectivity index (χ1n) is 4.55. The maximum atomic E-state index is 11.1. The fourth-order valence-electron chi connectivity index (χ4n) is 1.17. The Morgan fingerprint density at radius 2 is 1.29 bits per heavy atom. The highest BCUT2D eigenvalue weighted by Crippen LogP contribution is 2.35. The van der Waals surface area contributed by atoms with Crippen LogP contribution in [-0.2, 0) is 9.59 Å². The molecule has 0 radical (unpaired) electrons. The molecule has 0 saturated heterocycles. The van der Waals surface area contributed by atoms with Crippen LogP contribution in [0.3, 0.4) is 0 Å². The summed E-state index contributed by atoms with van der Waals surface area (Å²) in [7, 11) is 0. The fourth-order valence-corrected chi connectivity index (χ4v) is 5.08. The Morgan fingerprint density at radius 1 is 0.941 bits per heavy atom. The second-order valence-corrected chi connectivity index (χ2v) is 6.67. The number of hydrogen-bond acceptors (Lipinski definition) is 2. The Bertz CT molecular complexity index is 449. The fraction of sp³-hybridized carbons (Fsp3) is 0.200. The van der Waals surface area contributed by atoms with Crippen molar-refractivity contribution in [3.8, 4) is 0 Å². The molecule has 0 spiro atoms. The zero-order chi connectivity index (χ0) is 13.2. The summed E-state index contributed by atoms with van der Waals surface area (Å²) in [5, 5.41) is 5.55. The van der Waals surface area contributed by atoms with Crippen molar-refractivity contribution in [2.75, 3.05) is 10.6 Å². The van der Waals surface area contributed by atoms with Crippen LogP contribution in [0, 0.1) is 10.7 Å². The van der Waals surface area contributed by atoms with Gasteiger partial charge in [-0.25, -0.2) is 0 Å². The Kier molecular flexibility index (Phi) is 5.89. The van der Waals surface area contributed by atoms with E-state index >= 15 is 0 Å². The standard InChI is InChI=1S/C10H9I3N2O2/c1-4(16)14-9-6(11)3-7(12)10(8(9)13)15-5(2)17/h3H,1-2H3,(H,14,16)(H,15,17). The SMILES string of the molecule is CC(=O)Nc1c(I)cc(I)c(NC(C)=O)c1I. The smallest absolute Gasteiger partial charge is 0.221 e. The molecule has 0 aromatic heterocycles. The van der Waals surface area contributed by atoms with Crippen LogP contribution in [0.1, 0.15) is 13.8 Å².